The van der Waals surface area contributed by atoms with Crippen LogP contribution in [0, 0.1) is 0 Å². The first-order valence-electron chi connectivity index (χ1n) is 7.69. The van der Waals surface area contributed by atoms with Gasteiger partial charge in [-0.1, -0.05) is 0 Å². The van der Waals surface area contributed by atoms with Crippen molar-refractivity contribution in [3.63, 3.8) is 0 Å². The summed E-state index contributed by atoms with van der Waals surface area (Å²) in [6, 6.07) is 0. The number of fused-ring (bicyclic) bond motifs is 1. The molecule has 0 amide bonds. The average molecular weight is 362 g/mol. The van der Waals surface area contributed by atoms with Crippen LogP contribution in [0.4, 0.5) is 0 Å². The molecule has 0 aliphatic carbocycles. The van der Waals surface area contributed by atoms with Crippen LogP contribution in [-0.4, -0.2) is 68.3 Å². The lowest BCUT2D eigenvalue weighted by Crippen LogP contribution is -2.60. The zero-order chi connectivity index (χ0) is 18.8. The Hall–Kier alpha value is -1.75. The largest absolute Gasteiger partial charge is 0.463 e. The van der Waals surface area contributed by atoms with Gasteiger partial charge < -0.3 is 28.4 Å². The lowest BCUT2D eigenvalue weighted by molar-refractivity contribution is -0.334. The summed E-state index contributed by atoms with van der Waals surface area (Å²) in [4.78, 5) is 34.1. The molecule has 142 valence electrons. The van der Waals surface area contributed by atoms with Gasteiger partial charge in [0.15, 0.2) is 24.6 Å². The molecule has 0 saturated carbocycles. The van der Waals surface area contributed by atoms with E-state index in [9.17, 15) is 14.4 Å². The topological polar surface area (TPSA) is 116 Å². The fourth-order valence-corrected chi connectivity index (χ4v) is 2.67. The molecule has 0 aromatic carbocycles. The molecule has 0 spiro atoms. The van der Waals surface area contributed by atoms with Crippen molar-refractivity contribution in [2.45, 2.75) is 64.4 Å². The molecule has 2 fully saturated rings. The summed E-state index contributed by atoms with van der Waals surface area (Å²) in [5, 5.41) is 0. The maximum absolute atomic E-state index is 11.5. The highest BCUT2D eigenvalue weighted by atomic mass is 16.9. The zero-order valence-corrected chi connectivity index (χ0v) is 14.7. The highest BCUT2D eigenvalue weighted by molar-refractivity contribution is 5.67. The SMILES string of the molecule is COC1(C)OC2OC(COC(C)=O)[C@@H](OC(C)=O)[C@H](OC(C)=O)[C@H]2O1. The molecular formula is C15H22O10. The average Bonchev–Trinajstić information content (AvgIpc) is 2.84. The maximum atomic E-state index is 11.5. The molecule has 2 aliphatic rings. The Morgan fingerprint density at radius 2 is 1.56 bits per heavy atom. The van der Waals surface area contributed by atoms with E-state index in [4.69, 9.17) is 33.2 Å². The van der Waals surface area contributed by atoms with Crippen molar-refractivity contribution in [2.75, 3.05) is 13.7 Å². The Labute approximate surface area is 144 Å². The van der Waals surface area contributed by atoms with Gasteiger partial charge in [0.1, 0.15) is 12.7 Å². The van der Waals surface area contributed by atoms with E-state index in [1.165, 1.54) is 34.8 Å². The minimum Gasteiger partial charge on any atom is -0.463 e. The van der Waals surface area contributed by atoms with E-state index in [1.54, 1.807) is 0 Å². The molecule has 2 rings (SSSR count). The third kappa shape index (κ3) is 4.66. The van der Waals surface area contributed by atoms with E-state index >= 15 is 0 Å². The van der Waals surface area contributed by atoms with Gasteiger partial charge in [0, 0.05) is 34.8 Å². The van der Waals surface area contributed by atoms with Gasteiger partial charge in [-0.3, -0.25) is 19.1 Å². The van der Waals surface area contributed by atoms with Crippen molar-refractivity contribution < 1.29 is 47.5 Å². The zero-order valence-electron chi connectivity index (χ0n) is 14.7. The van der Waals surface area contributed by atoms with Crippen molar-refractivity contribution in [1.29, 1.82) is 0 Å². The summed E-state index contributed by atoms with van der Waals surface area (Å²) >= 11 is 0. The fourth-order valence-electron chi connectivity index (χ4n) is 2.67. The van der Waals surface area contributed by atoms with E-state index in [-0.39, 0.29) is 6.61 Å². The lowest BCUT2D eigenvalue weighted by atomic mass is 9.98. The smallest absolute Gasteiger partial charge is 0.303 e. The number of hydrogen-bond donors (Lipinski definition) is 0. The fraction of sp³-hybridized carbons (Fsp3) is 0.800. The highest BCUT2D eigenvalue weighted by Crippen LogP contribution is 2.39. The van der Waals surface area contributed by atoms with Crippen LogP contribution in [0.5, 0.6) is 0 Å². The molecular weight excluding hydrogens is 340 g/mol. The summed E-state index contributed by atoms with van der Waals surface area (Å²) in [7, 11) is 1.37. The molecule has 0 radical (unpaired) electrons. The Balaban J connectivity index is 2.29. The van der Waals surface area contributed by atoms with E-state index in [0.29, 0.717) is 0 Å². The molecule has 0 aromatic heterocycles. The number of ether oxygens (including phenoxy) is 7. The van der Waals surface area contributed by atoms with Gasteiger partial charge in [0.2, 0.25) is 0 Å². The van der Waals surface area contributed by atoms with Crippen LogP contribution in [0.1, 0.15) is 27.7 Å². The van der Waals surface area contributed by atoms with E-state index in [1.807, 2.05) is 0 Å². The van der Waals surface area contributed by atoms with Crippen LogP contribution < -0.4 is 0 Å². The molecule has 25 heavy (non-hydrogen) atoms. The van der Waals surface area contributed by atoms with E-state index in [0.717, 1.165) is 0 Å². The summed E-state index contributed by atoms with van der Waals surface area (Å²) in [6.45, 7) is 4.93. The maximum Gasteiger partial charge on any atom is 0.303 e. The van der Waals surface area contributed by atoms with Crippen LogP contribution in [-0.2, 0) is 47.5 Å². The second kappa shape index (κ2) is 7.65. The van der Waals surface area contributed by atoms with Crippen molar-refractivity contribution in [1.82, 2.24) is 0 Å². The first-order valence-corrected chi connectivity index (χ1v) is 7.69. The molecule has 3 unspecified atom stereocenters. The van der Waals surface area contributed by atoms with Crippen molar-refractivity contribution in [3.05, 3.63) is 0 Å². The standard InChI is InChI=1S/C15H22O10/c1-7(16)20-6-10-11(21-8(2)17)12(22-9(3)18)13-14(23-10)25-15(4,19-5)24-13/h10-14H,6H2,1-5H3/t10?,11-,12+,13-,14?,15?/m1/s1. The quantitative estimate of drug-likeness (QED) is 0.484. The summed E-state index contributed by atoms with van der Waals surface area (Å²) in [5.74, 6) is -3.19. The minimum absolute atomic E-state index is 0.221. The molecule has 0 aromatic rings. The number of carbonyl (C=O) groups excluding carboxylic acids is 3. The normalized spacial score (nSPS) is 37.1. The second-order valence-electron chi connectivity index (χ2n) is 5.76. The number of rotatable bonds is 5. The van der Waals surface area contributed by atoms with Crippen molar-refractivity contribution in [2.24, 2.45) is 0 Å². The monoisotopic (exact) mass is 362 g/mol. The molecule has 10 heteroatoms. The van der Waals surface area contributed by atoms with Crippen molar-refractivity contribution in [3.8, 4) is 0 Å². The molecule has 6 atom stereocenters. The third-order valence-electron chi connectivity index (χ3n) is 3.70. The molecule has 2 saturated heterocycles. The molecule has 0 bridgehead atoms. The van der Waals surface area contributed by atoms with Crippen LogP contribution >= 0.6 is 0 Å². The Morgan fingerprint density at radius 1 is 0.960 bits per heavy atom. The van der Waals surface area contributed by atoms with Crippen LogP contribution in [0.2, 0.25) is 0 Å². The first-order chi connectivity index (χ1) is 11.6. The van der Waals surface area contributed by atoms with E-state index < -0.39 is 54.6 Å². The Bertz CT molecular complexity index is 534. The van der Waals surface area contributed by atoms with Gasteiger partial charge in [-0.25, -0.2) is 0 Å². The van der Waals surface area contributed by atoms with Gasteiger partial charge in [0.05, 0.1) is 0 Å². The van der Waals surface area contributed by atoms with Gasteiger partial charge >= 0.3 is 17.9 Å². The lowest BCUT2D eigenvalue weighted by Gasteiger charge is -2.40. The Morgan fingerprint density at radius 3 is 2.08 bits per heavy atom. The first kappa shape index (κ1) is 19.6. The number of methoxy groups -OCH3 is 1. The third-order valence-corrected chi connectivity index (χ3v) is 3.70. The molecule has 0 N–H and O–H groups in total. The van der Waals surface area contributed by atoms with Gasteiger partial charge in [-0.2, -0.15) is 0 Å². The minimum atomic E-state index is -1.43. The van der Waals surface area contributed by atoms with Gasteiger partial charge in [-0.15, -0.1) is 0 Å². The van der Waals surface area contributed by atoms with Crippen LogP contribution in [0.15, 0.2) is 0 Å². The van der Waals surface area contributed by atoms with Crippen LogP contribution in [0.3, 0.4) is 0 Å². The number of carbonyl (C=O) groups is 3. The highest BCUT2D eigenvalue weighted by Gasteiger charge is 2.59. The van der Waals surface area contributed by atoms with Crippen molar-refractivity contribution >= 4 is 17.9 Å². The Kier molecular flexibility index (Phi) is 5.99. The molecule has 10 nitrogen and oxygen atoms in total. The predicted molar refractivity (Wildman–Crippen MR) is 77.8 cm³/mol. The summed E-state index contributed by atoms with van der Waals surface area (Å²) < 4.78 is 37.6. The predicted octanol–water partition coefficient (Wildman–Crippen LogP) is -0.127. The van der Waals surface area contributed by atoms with Gasteiger partial charge in [0.25, 0.3) is 5.97 Å². The van der Waals surface area contributed by atoms with E-state index in [2.05, 4.69) is 0 Å². The second-order valence-corrected chi connectivity index (χ2v) is 5.76. The summed E-state index contributed by atoms with van der Waals surface area (Å²) in [6.07, 6.45) is -4.86. The number of hydrogen-bond acceptors (Lipinski definition) is 10. The van der Waals surface area contributed by atoms with Crippen LogP contribution in [0.25, 0.3) is 0 Å². The van der Waals surface area contributed by atoms with Gasteiger partial charge in [-0.05, 0) is 0 Å². The molecule has 2 heterocycles. The number of esters is 3. The molecule has 2 aliphatic heterocycles. The summed E-state index contributed by atoms with van der Waals surface area (Å²) in [5.41, 5.74) is 0.